The van der Waals surface area contributed by atoms with Crippen LogP contribution in [0.3, 0.4) is 0 Å². The van der Waals surface area contributed by atoms with E-state index in [2.05, 4.69) is 78.5 Å². The van der Waals surface area contributed by atoms with E-state index in [-0.39, 0.29) is 5.78 Å². The number of allylic oxidation sites excluding steroid dienone is 1. The molecule has 0 saturated heterocycles. The number of rotatable bonds is 13. The van der Waals surface area contributed by atoms with Gasteiger partial charge in [0.15, 0.2) is 11.6 Å². The summed E-state index contributed by atoms with van der Waals surface area (Å²) in [7, 11) is 0. The van der Waals surface area contributed by atoms with Gasteiger partial charge in [-0.1, -0.05) is 61.0 Å². The summed E-state index contributed by atoms with van der Waals surface area (Å²) in [5.74, 6) is 3.85. The Hall–Kier alpha value is -4.33. The summed E-state index contributed by atoms with van der Waals surface area (Å²) in [5, 5.41) is 3.47. The zero-order valence-electron chi connectivity index (χ0n) is 28.8. The second kappa shape index (κ2) is 19.1. The van der Waals surface area contributed by atoms with Gasteiger partial charge in [0.1, 0.15) is 29.2 Å². The molecule has 0 fully saturated rings. The number of aromatic nitrogens is 4. The minimum Gasteiger partial charge on any atom is -0.455 e. The van der Waals surface area contributed by atoms with Crippen LogP contribution >= 0.6 is 0 Å². The van der Waals surface area contributed by atoms with Crippen molar-refractivity contribution in [1.82, 2.24) is 19.9 Å². The molecular weight excluding hydrogens is 560 g/mol. The number of ketones is 1. The number of pyridine rings is 2. The number of fused-ring (bicyclic) bond motifs is 1. The van der Waals surface area contributed by atoms with E-state index in [0.29, 0.717) is 11.7 Å². The number of nitrogens with zero attached hydrogens (tertiary/aromatic N) is 5. The zero-order chi connectivity index (χ0) is 33.4. The van der Waals surface area contributed by atoms with Gasteiger partial charge in [-0.15, -0.1) is 0 Å². The third kappa shape index (κ3) is 11.3. The van der Waals surface area contributed by atoms with Gasteiger partial charge in [-0.3, -0.25) is 9.78 Å². The van der Waals surface area contributed by atoms with Crippen molar-refractivity contribution in [3.05, 3.63) is 78.4 Å². The van der Waals surface area contributed by atoms with Crippen LogP contribution in [0.5, 0.6) is 11.5 Å². The first kappa shape index (κ1) is 36.9. The lowest BCUT2D eigenvalue weighted by molar-refractivity contribution is -0.112. The maximum Gasteiger partial charge on any atom is 0.160 e. The van der Waals surface area contributed by atoms with E-state index in [0.717, 1.165) is 89.6 Å². The maximum atomic E-state index is 9.69. The van der Waals surface area contributed by atoms with Crippen molar-refractivity contribution in [3.63, 3.8) is 0 Å². The molecule has 0 bridgehead atoms. The summed E-state index contributed by atoms with van der Waals surface area (Å²) >= 11 is 0. The summed E-state index contributed by atoms with van der Waals surface area (Å²) in [4.78, 5) is 30.8. The summed E-state index contributed by atoms with van der Waals surface area (Å²) in [6.45, 7) is 23.7. The Morgan fingerprint density at radius 3 is 2.36 bits per heavy atom. The van der Waals surface area contributed by atoms with Crippen LogP contribution in [0.4, 0.5) is 17.3 Å². The molecule has 242 valence electrons. The van der Waals surface area contributed by atoms with Crippen molar-refractivity contribution in [3.8, 4) is 11.5 Å². The largest absolute Gasteiger partial charge is 0.455 e. The zero-order valence-corrected chi connectivity index (χ0v) is 28.8. The van der Waals surface area contributed by atoms with Crippen molar-refractivity contribution in [1.29, 1.82) is 0 Å². The molecular formula is C37H52N6O2. The molecule has 0 spiro atoms. The predicted molar refractivity (Wildman–Crippen MR) is 189 cm³/mol. The Balaban J connectivity index is 0.000000917. The molecule has 1 aromatic carbocycles. The molecule has 4 rings (SSSR count). The van der Waals surface area contributed by atoms with Crippen LogP contribution in [0.2, 0.25) is 0 Å². The number of nitrogens with one attached hydrogen (secondary N) is 1. The van der Waals surface area contributed by atoms with Gasteiger partial charge >= 0.3 is 0 Å². The molecule has 4 aromatic rings. The fourth-order valence-electron chi connectivity index (χ4n) is 4.41. The quantitative estimate of drug-likeness (QED) is 0.149. The third-order valence-electron chi connectivity index (χ3n) is 7.20. The highest BCUT2D eigenvalue weighted by Crippen LogP contribution is 2.31. The normalized spacial score (nSPS) is 11.0. The Morgan fingerprint density at radius 1 is 1.04 bits per heavy atom. The number of hydrogen-bond donors (Lipinski definition) is 1. The molecule has 45 heavy (non-hydrogen) atoms. The molecule has 8 heteroatoms. The molecule has 8 nitrogen and oxygen atoms in total. The number of aryl methyl sites for hydroxylation is 3. The van der Waals surface area contributed by atoms with Gasteiger partial charge in [-0.05, 0) is 93.1 Å². The van der Waals surface area contributed by atoms with Crippen molar-refractivity contribution in [2.45, 2.75) is 88.0 Å². The number of ether oxygens (including phenoxy) is 1. The maximum absolute atomic E-state index is 9.69. The van der Waals surface area contributed by atoms with Crippen LogP contribution < -0.4 is 15.0 Å². The lowest BCUT2D eigenvalue weighted by atomic mass is 10.1. The highest BCUT2D eigenvalue weighted by molar-refractivity contribution is 5.89. The number of benzene rings is 1. The first-order valence-corrected chi connectivity index (χ1v) is 16.2. The van der Waals surface area contributed by atoms with Crippen LogP contribution in [-0.4, -0.2) is 38.8 Å². The fraction of sp³-hybridized carbons (Fsp3) is 0.432. The van der Waals surface area contributed by atoms with Gasteiger partial charge < -0.3 is 15.0 Å². The van der Waals surface area contributed by atoms with E-state index in [9.17, 15) is 4.79 Å². The third-order valence-corrected chi connectivity index (χ3v) is 7.20. The molecule has 0 saturated carbocycles. The van der Waals surface area contributed by atoms with Crippen molar-refractivity contribution in [2.24, 2.45) is 5.92 Å². The predicted octanol–water partition coefficient (Wildman–Crippen LogP) is 9.58. The standard InChI is InChI=1S/C31H40N6O.C4H6O.C2H6/c1-7-10-15-37(19-21(4)8-2)31-23(6)17-27-29(36-31)30(34-20-33-27)35-25-12-14-28(22(5)16-25)38-26-13-11-24(9-3)32-18-26;1-3-4(2)5;1-2/h11-14,16-18,20-21H,7-10,15,19H2,1-6H3,(H,33,34,35);3H,1H2,2H3;1-2H3. The van der Waals surface area contributed by atoms with Crippen molar-refractivity contribution < 1.29 is 9.53 Å². The number of carbonyl (C=O) groups excluding carboxylic acids is 1. The van der Waals surface area contributed by atoms with Crippen LogP contribution in [0.25, 0.3) is 11.0 Å². The van der Waals surface area contributed by atoms with E-state index in [1.54, 1.807) is 12.5 Å². The monoisotopic (exact) mass is 612 g/mol. The average molecular weight is 613 g/mol. The Morgan fingerprint density at radius 2 is 1.78 bits per heavy atom. The molecule has 0 aliphatic heterocycles. The van der Waals surface area contributed by atoms with Gasteiger partial charge in [0.25, 0.3) is 0 Å². The minimum absolute atomic E-state index is 0.0185. The summed E-state index contributed by atoms with van der Waals surface area (Å²) in [5.41, 5.74) is 5.73. The van der Waals surface area contributed by atoms with Crippen molar-refractivity contribution >= 4 is 34.1 Å². The highest BCUT2D eigenvalue weighted by atomic mass is 16.5. The molecule has 0 amide bonds. The second-order valence-electron chi connectivity index (χ2n) is 10.9. The van der Waals surface area contributed by atoms with E-state index in [1.165, 1.54) is 13.0 Å². The fourth-order valence-corrected chi connectivity index (χ4v) is 4.41. The summed E-state index contributed by atoms with van der Waals surface area (Å²) in [6.07, 6.45) is 8.98. The topological polar surface area (TPSA) is 93.1 Å². The summed E-state index contributed by atoms with van der Waals surface area (Å²) in [6, 6.07) is 12.1. The SMILES string of the molecule is C=CC(C)=O.CC.CCCCN(CC(C)CC)c1nc2c(Nc3ccc(Oc4ccc(CC)nc4)c(C)c3)ncnc2cc1C. The van der Waals surface area contributed by atoms with Crippen LogP contribution in [0.15, 0.2) is 61.6 Å². The van der Waals surface area contributed by atoms with Gasteiger partial charge in [-0.2, -0.15) is 0 Å². The first-order chi connectivity index (χ1) is 21.7. The Bertz CT molecular complexity index is 1500. The molecule has 1 atom stereocenters. The molecule has 3 heterocycles. The van der Waals surface area contributed by atoms with E-state index in [4.69, 9.17) is 9.72 Å². The van der Waals surface area contributed by atoms with E-state index in [1.807, 2.05) is 45.0 Å². The lowest BCUT2D eigenvalue weighted by Gasteiger charge is -2.28. The molecule has 0 radical (unpaired) electrons. The van der Waals surface area contributed by atoms with Gasteiger partial charge in [-0.25, -0.2) is 15.0 Å². The first-order valence-electron chi connectivity index (χ1n) is 16.2. The summed E-state index contributed by atoms with van der Waals surface area (Å²) < 4.78 is 6.08. The van der Waals surface area contributed by atoms with Crippen LogP contribution in [-0.2, 0) is 11.2 Å². The minimum atomic E-state index is 0.0185. The Kier molecular flexibility index (Phi) is 15.7. The van der Waals surface area contributed by atoms with Gasteiger partial charge in [0.05, 0.1) is 11.7 Å². The van der Waals surface area contributed by atoms with Crippen LogP contribution in [0.1, 0.15) is 84.5 Å². The highest BCUT2D eigenvalue weighted by Gasteiger charge is 2.17. The number of hydrogen-bond acceptors (Lipinski definition) is 8. The number of carbonyl (C=O) groups is 1. The molecule has 0 aliphatic carbocycles. The number of anilines is 3. The van der Waals surface area contributed by atoms with E-state index < -0.39 is 0 Å². The number of unbranched alkanes of at least 4 members (excludes halogenated alkanes) is 1. The smallest absolute Gasteiger partial charge is 0.160 e. The van der Waals surface area contributed by atoms with Crippen LogP contribution in [0, 0.1) is 19.8 Å². The lowest BCUT2D eigenvalue weighted by Crippen LogP contribution is -2.31. The average Bonchev–Trinajstić information content (AvgIpc) is 3.05. The molecule has 0 aliphatic rings. The van der Waals surface area contributed by atoms with Gasteiger partial charge in [0, 0.05) is 24.5 Å². The van der Waals surface area contributed by atoms with Gasteiger partial charge in [0.2, 0.25) is 0 Å². The molecule has 1 unspecified atom stereocenters. The second-order valence-corrected chi connectivity index (χ2v) is 10.9. The van der Waals surface area contributed by atoms with E-state index >= 15 is 0 Å². The molecule has 3 aromatic heterocycles. The Labute approximate surface area is 270 Å². The molecule has 1 N–H and O–H groups in total. The van der Waals surface area contributed by atoms with Crippen molar-refractivity contribution in [2.75, 3.05) is 23.3 Å².